The second-order valence-electron chi connectivity index (χ2n) is 11.3. The van der Waals surface area contributed by atoms with E-state index in [0.29, 0.717) is 5.56 Å². The molecule has 47 heavy (non-hydrogen) atoms. The molecule has 1 fully saturated rings. The maximum absolute atomic E-state index is 14.4. The molecule has 1 amide bonds. The Labute approximate surface area is 272 Å². The van der Waals surface area contributed by atoms with Crippen LogP contribution >= 0.6 is 12.4 Å². The number of nitrogens with zero attached hydrogens (tertiary/aromatic N) is 2. The molecule has 3 atom stereocenters. The van der Waals surface area contributed by atoms with Crippen LogP contribution < -0.4 is 5.32 Å². The van der Waals surface area contributed by atoms with Crippen LogP contribution in [0.5, 0.6) is 0 Å². The number of amides is 1. The number of ketones is 2. The number of hydrogen-bond acceptors (Lipinski definition) is 5. The minimum Gasteiger partial charge on any atom is -0.361 e. The quantitative estimate of drug-likeness (QED) is 0.175. The number of H-pyrrole nitrogens is 1. The number of hydrogen-bond donors (Lipinski definition) is 2. The van der Waals surface area contributed by atoms with Crippen molar-refractivity contribution in [3.05, 3.63) is 107 Å². The van der Waals surface area contributed by atoms with Crippen LogP contribution in [0.1, 0.15) is 37.4 Å². The van der Waals surface area contributed by atoms with Gasteiger partial charge >= 0.3 is 12.4 Å². The van der Waals surface area contributed by atoms with Gasteiger partial charge in [-0.2, -0.15) is 26.3 Å². The minimum absolute atomic E-state index is 0. The number of aromatic nitrogens is 1. The third-order valence-electron chi connectivity index (χ3n) is 8.21. The molecule has 250 valence electrons. The lowest BCUT2D eigenvalue weighted by Crippen LogP contribution is -2.69. The Hall–Kier alpha value is -4.20. The summed E-state index contributed by atoms with van der Waals surface area (Å²) in [5.74, 6) is -2.66. The normalized spacial score (nSPS) is 18.9. The van der Waals surface area contributed by atoms with Gasteiger partial charge in [0.2, 0.25) is 5.91 Å². The van der Waals surface area contributed by atoms with E-state index in [2.05, 4.69) is 10.3 Å². The summed E-state index contributed by atoms with van der Waals surface area (Å²) >= 11 is 0. The predicted octanol–water partition coefficient (Wildman–Crippen LogP) is 6.03. The van der Waals surface area contributed by atoms with Crippen LogP contribution in [-0.4, -0.2) is 77.6 Å². The average Bonchev–Trinajstić information content (AvgIpc) is 3.42. The summed E-state index contributed by atoms with van der Waals surface area (Å²) in [4.78, 5) is 46.9. The molecule has 3 aromatic carbocycles. The van der Waals surface area contributed by atoms with Gasteiger partial charge in [0, 0.05) is 54.9 Å². The van der Waals surface area contributed by atoms with Crippen LogP contribution in [0.3, 0.4) is 0 Å². The van der Waals surface area contributed by atoms with E-state index >= 15 is 0 Å². The lowest BCUT2D eigenvalue weighted by Gasteiger charge is -2.46. The number of aromatic amines is 1. The Kier molecular flexibility index (Phi) is 10.5. The topological polar surface area (TPSA) is 85.5 Å². The molecule has 5 rings (SSSR count). The van der Waals surface area contributed by atoms with E-state index in [-0.39, 0.29) is 25.4 Å². The number of rotatable bonds is 8. The molecule has 0 spiro atoms. The number of carbonyl (C=O) groups is 3. The lowest BCUT2D eigenvalue weighted by atomic mass is 9.85. The molecule has 0 bridgehead atoms. The summed E-state index contributed by atoms with van der Waals surface area (Å²) in [6.07, 6.45) is -8.02. The van der Waals surface area contributed by atoms with Gasteiger partial charge in [0.15, 0.2) is 11.6 Å². The number of fused-ring (bicyclic) bond motifs is 1. The molecule has 3 unspecified atom stereocenters. The summed E-state index contributed by atoms with van der Waals surface area (Å²) in [5.41, 5.74) is -2.29. The zero-order valence-corrected chi connectivity index (χ0v) is 26.0. The predicted molar refractivity (Wildman–Crippen MR) is 166 cm³/mol. The third kappa shape index (κ3) is 7.37. The van der Waals surface area contributed by atoms with Gasteiger partial charge in [-0.1, -0.05) is 54.6 Å². The van der Waals surface area contributed by atoms with Gasteiger partial charge in [-0.05, 0) is 30.2 Å². The summed E-state index contributed by atoms with van der Waals surface area (Å²) in [6, 6.07) is 11.6. The van der Waals surface area contributed by atoms with Gasteiger partial charge in [-0.25, -0.2) is 0 Å². The van der Waals surface area contributed by atoms with Crippen molar-refractivity contribution in [3.63, 3.8) is 0 Å². The van der Waals surface area contributed by atoms with E-state index in [1.165, 1.54) is 31.1 Å². The number of alkyl halides is 6. The molecule has 2 N–H and O–H groups in total. The number of benzene rings is 3. The first kappa shape index (κ1) is 35.7. The number of carbonyl (C=O) groups excluding carboxylic acids is 3. The van der Waals surface area contributed by atoms with Crippen molar-refractivity contribution in [2.75, 3.05) is 27.2 Å². The summed E-state index contributed by atoms with van der Waals surface area (Å²) in [6.45, 7) is -0.891. The smallest absolute Gasteiger partial charge is 0.361 e. The highest BCUT2D eigenvalue weighted by Crippen LogP contribution is 2.36. The molecule has 0 aliphatic carbocycles. The summed E-state index contributed by atoms with van der Waals surface area (Å²) in [5, 5.41) is 3.88. The SMILES string of the molecule is CN(C)C(=O)CN1C(C(=O)c2ccccc2C(F)(F)F)CNC(Cc2c[nH]c3ccccc23)C1C(=O)c1ccccc1C(F)(F)F.Cl. The molecule has 0 radical (unpaired) electrons. The Morgan fingerprint density at radius 3 is 1.91 bits per heavy atom. The molecular weight excluding hydrogens is 650 g/mol. The molecule has 1 aliphatic rings. The third-order valence-corrected chi connectivity index (χ3v) is 8.21. The van der Waals surface area contributed by atoms with E-state index in [1.807, 2.05) is 18.2 Å². The average molecular weight is 681 g/mol. The van der Waals surface area contributed by atoms with Gasteiger partial charge in [0.05, 0.1) is 29.8 Å². The molecule has 1 saturated heterocycles. The monoisotopic (exact) mass is 680 g/mol. The van der Waals surface area contributed by atoms with Crippen LogP contribution in [0.15, 0.2) is 79.0 Å². The first-order valence-corrected chi connectivity index (χ1v) is 14.3. The highest BCUT2D eigenvalue weighted by molar-refractivity contribution is 6.05. The molecular formula is C33H31ClF6N4O3. The van der Waals surface area contributed by atoms with E-state index in [9.17, 15) is 40.7 Å². The number of piperazine rings is 1. The minimum atomic E-state index is -4.91. The highest BCUT2D eigenvalue weighted by atomic mass is 35.5. The van der Waals surface area contributed by atoms with Crippen molar-refractivity contribution >= 4 is 40.8 Å². The summed E-state index contributed by atoms with van der Waals surface area (Å²) < 4.78 is 84.3. The number of likely N-dealkylation sites (N-methyl/N-ethyl adjacent to an activating group) is 1. The molecule has 4 aromatic rings. The van der Waals surface area contributed by atoms with Crippen molar-refractivity contribution < 1.29 is 40.7 Å². The second-order valence-corrected chi connectivity index (χ2v) is 11.3. The molecule has 2 heterocycles. The molecule has 7 nitrogen and oxygen atoms in total. The molecule has 1 aromatic heterocycles. The first-order chi connectivity index (χ1) is 21.7. The Bertz CT molecular complexity index is 1770. The van der Waals surface area contributed by atoms with Gasteiger partial charge in [-0.15, -0.1) is 12.4 Å². The zero-order chi connectivity index (χ0) is 33.4. The fourth-order valence-electron chi connectivity index (χ4n) is 5.95. The number of Topliss-reactive ketones (excluding diaryl/α,β-unsaturated/α-hetero) is 2. The van der Waals surface area contributed by atoms with E-state index in [0.717, 1.165) is 52.2 Å². The van der Waals surface area contributed by atoms with E-state index < -0.39 is 76.8 Å². The van der Waals surface area contributed by atoms with Gasteiger partial charge < -0.3 is 15.2 Å². The largest absolute Gasteiger partial charge is 0.417 e. The van der Waals surface area contributed by atoms with Crippen LogP contribution in [0.25, 0.3) is 10.9 Å². The molecule has 14 heteroatoms. The first-order valence-electron chi connectivity index (χ1n) is 14.3. The van der Waals surface area contributed by atoms with Gasteiger partial charge in [-0.3, -0.25) is 19.3 Å². The van der Waals surface area contributed by atoms with Gasteiger partial charge in [0.25, 0.3) is 0 Å². The van der Waals surface area contributed by atoms with Crippen LogP contribution in [-0.2, 0) is 23.6 Å². The molecule has 0 saturated carbocycles. The number of para-hydroxylation sites is 1. The van der Waals surface area contributed by atoms with E-state index in [1.54, 1.807) is 12.3 Å². The standard InChI is InChI=1S/C33H30F6N4O3.ClH/c1-42(2)28(44)18-43-27(30(45)21-10-3-6-12-23(21)32(34,35)36)17-41-26(15-19-16-40-25-14-8-5-9-20(19)25)29(43)31(46)22-11-4-7-13-24(22)33(37,38)39;/h3-14,16,26-27,29,40-41H,15,17-18H2,1-2H3;1H. The van der Waals surface area contributed by atoms with Crippen LogP contribution in [0.2, 0.25) is 0 Å². The Balaban J connectivity index is 0.00000500. The zero-order valence-electron chi connectivity index (χ0n) is 25.2. The summed E-state index contributed by atoms with van der Waals surface area (Å²) in [7, 11) is 2.83. The Morgan fingerprint density at radius 1 is 0.809 bits per heavy atom. The van der Waals surface area contributed by atoms with Gasteiger partial charge in [0.1, 0.15) is 0 Å². The fourth-order valence-corrected chi connectivity index (χ4v) is 5.95. The lowest BCUT2D eigenvalue weighted by molar-refractivity contribution is -0.138. The number of nitrogens with one attached hydrogen (secondary N) is 2. The Morgan fingerprint density at radius 2 is 1.34 bits per heavy atom. The van der Waals surface area contributed by atoms with Crippen molar-refractivity contribution in [2.45, 2.75) is 36.9 Å². The maximum atomic E-state index is 14.4. The second kappa shape index (κ2) is 13.9. The van der Waals surface area contributed by atoms with Crippen molar-refractivity contribution in [3.8, 4) is 0 Å². The highest BCUT2D eigenvalue weighted by Gasteiger charge is 2.48. The van der Waals surface area contributed by atoms with Crippen LogP contribution in [0, 0.1) is 0 Å². The van der Waals surface area contributed by atoms with Crippen LogP contribution in [0.4, 0.5) is 26.3 Å². The van der Waals surface area contributed by atoms with Crippen molar-refractivity contribution in [1.82, 2.24) is 20.1 Å². The maximum Gasteiger partial charge on any atom is 0.417 e. The number of halogens is 7. The van der Waals surface area contributed by atoms with E-state index in [4.69, 9.17) is 0 Å². The van der Waals surface area contributed by atoms with Crippen molar-refractivity contribution in [2.24, 2.45) is 0 Å². The van der Waals surface area contributed by atoms with Crippen molar-refractivity contribution in [1.29, 1.82) is 0 Å². The molecule has 1 aliphatic heterocycles. The fraction of sp³-hybridized carbons (Fsp3) is 0.303.